The molecule has 13 heavy (non-hydrogen) atoms. The third-order valence-electron chi connectivity index (χ3n) is 1.69. The van der Waals surface area contributed by atoms with Gasteiger partial charge in [0.2, 0.25) is 0 Å². The molecule has 0 aliphatic heterocycles. The minimum absolute atomic E-state index is 0. The van der Waals surface area contributed by atoms with Gasteiger partial charge in [0.1, 0.15) is 0 Å². The number of rotatable bonds is 4. The summed E-state index contributed by atoms with van der Waals surface area (Å²) in [5, 5.41) is 14.3. The van der Waals surface area contributed by atoms with Gasteiger partial charge in [-0.25, -0.2) is 0 Å². The molecule has 0 fully saturated rings. The van der Waals surface area contributed by atoms with E-state index in [4.69, 9.17) is 5.11 Å². The zero-order chi connectivity index (χ0) is 8.97. The predicted octanol–water partition coefficient (Wildman–Crippen LogP) is 1.95. The molecule has 1 aromatic heterocycles. The van der Waals surface area contributed by atoms with Gasteiger partial charge in [-0.1, -0.05) is 0 Å². The summed E-state index contributed by atoms with van der Waals surface area (Å²) in [7, 11) is 0. The van der Waals surface area contributed by atoms with Gasteiger partial charge in [-0.3, -0.25) is 0 Å². The minimum atomic E-state index is -0.259. The van der Waals surface area contributed by atoms with Crippen LogP contribution in [0.2, 0.25) is 0 Å². The van der Waals surface area contributed by atoms with Crippen molar-refractivity contribution in [3.63, 3.8) is 0 Å². The number of nitrogens with one attached hydrogen (secondary N) is 1. The van der Waals surface area contributed by atoms with E-state index in [1.54, 1.807) is 18.3 Å². The van der Waals surface area contributed by atoms with Gasteiger partial charge in [-0.15, -0.1) is 23.7 Å². The predicted molar refractivity (Wildman–Crippen MR) is 59.7 cm³/mol. The van der Waals surface area contributed by atoms with E-state index in [9.17, 15) is 0 Å². The largest absolute Gasteiger partial charge is 0.392 e. The van der Waals surface area contributed by atoms with E-state index in [0.717, 1.165) is 6.54 Å². The first-order valence-corrected chi connectivity index (χ1v) is 5.00. The molecule has 1 atom stereocenters. The summed E-state index contributed by atoms with van der Waals surface area (Å²) in [4.78, 5) is 1.36. The Kier molecular flexibility index (Phi) is 6.33. The molecule has 0 aliphatic carbocycles. The fraction of sp³-hybridized carbons (Fsp3) is 0.556. The van der Waals surface area contributed by atoms with Crippen LogP contribution in [0.5, 0.6) is 0 Å². The Hall–Kier alpha value is -0.0900. The minimum Gasteiger partial charge on any atom is -0.392 e. The van der Waals surface area contributed by atoms with Crippen molar-refractivity contribution < 1.29 is 5.11 Å². The number of aliphatic hydroxyl groups excluding tert-OH is 1. The number of thiophene rings is 1. The summed E-state index contributed by atoms with van der Waals surface area (Å²) < 4.78 is 0. The summed E-state index contributed by atoms with van der Waals surface area (Å²) in [6, 6.07) is 2.12. The quantitative estimate of drug-likeness (QED) is 0.815. The van der Waals surface area contributed by atoms with E-state index >= 15 is 0 Å². The van der Waals surface area contributed by atoms with E-state index in [1.165, 1.54) is 10.4 Å². The molecule has 0 saturated carbocycles. The number of hydrogen-bond donors (Lipinski definition) is 2. The monoisotopic (exact) mass is 221 g/mol. The smallest absolute Gasteiger partial charge is 0.0636 e. The lowest BCUT2D eigenvalue weighted by Crippen LogP contribution is -2.23. The molecule has 1 heterocycles. The van der Waals surface area contributed by atoms with Crippen molar-refractivity contribution in [1.82, 2.24) is 5.32 Å². The zero-order valence-corrected chi connectivity index (χ0v) is 9.54. The summed E-state index contributed by atoms with van der Waals surface area (Å²) in [6.07, 6.45) is -0.259. The maximum absolute atomic E-state index is 8.99. The Balaban J connectivity index is 0.00000144. The van der Waals surface area contributed by atoms with Gasteiger partial charge in [0, 0.05) is 18.0 Å². The normalized spacial score (nSPS) is 12.2. The highest BCUT2D eigenvalue weighted by Crippen LogP contribution is 2.14. The van der Waals surface area contributed by atoms with Crippen LogP contribution in [0, 0.1) is 6.92 Å². The van der Waals surface area contributed by atoms with Gasteiger partial charge in [0.25, 0.3) is 0 Å². The van der Waals surface area contributed by atoms with Gasteiger partial charge >= 0.3 is 0 Å². The topological polar surface area (TPSA) is 32.3 Å². The van der Waals surface area contributed by atoms with Crippen molar-refractivity contribution in [2.75, 3.05) is 6.54 Å². The first kappa shape index (κ1) is 12.9. The maximum Gasteiger partial charge on any atom is 0.0636 e. The molecule has 2 N–H and O–H groups in total. The number of aryl methyl sites for hydroxylation is 1. The molecule has 2 nitrogen and oxygen atoms in total. The van der Waals surface area contributed by atoms with E-state index in [-0.39, 0.29) is 18.5 Å². The van der Waals surface area contributed by atoms with Crippen molar-refractivity contribution in [3.8, 4) is 0 Å². The average Bonchev–Trinajstić information content (AvgIpc) is 2.36. The lowest BCUT2D eigenvalue weighted by atomic mass is 10.3. The lowest BCUT2D eigenvalue weighted by Gasteiger charge is -2.05. The molecule has 1 rings (SSSR count). The molecular weight excluding hydrogens is 206 g/mol. The Labute approximate surface area is 89.4 Å². The molecule has 1 unspecified atom stereocenters. The Morgan fingerprint density at radius 2 is 2.31 bits per heavy atom. The van der Waals surface area contributed by atoms with Gasteiger partial charge in [0.15, 0.2) is 0 Å². The maximum atomic E-state index is 8.99. The summed E-state index contributed by atoms with van der Waals surface area (Å²) >= 11 is 1.76. The second-order valence-electron chi connectivity index (χ2n) is 3.01. The Bertz CT molecular complexity index is 237. The highest BCUT2D eigenvalue weighted by Gasteiger charge is 1.99. The molecule has 4 heteroatoms. The SMILES string of the molecule is Cc1ccsc1CNCC(C)O.Cl. The molecule has 0 aromatic carbocycles. The van der Waals surface area contributed by atoms with E-state index in [1.807, 2.05) is 0 Å². The van der Waals surface area contributed by atoms with Crippen LogP contribution >= 0.6 is 23.7 Å². The van der Waals surface area contributed by atoms with Crippen LogP contribution in [-0.4, -0.2) is 17.8 Å². The molecule has 0 saturated heterocycles. The molecule has 1 aromatic rings. The van der Waals surface area contributed by atoms with Gasteiger partial charge in [-0.05, 0) is 30.9 Å². The highest BCUT2D eigenvalue weighted by molar-refractivity contribution is 7.10. The molecular formula is C9H16ClNOS. The van der Waals surface area contributed by atoms with Crippen molar-refractivity contribution in [2.45, 2.75) is 26.5 Å². The number of aliphatic hydroxyl groups is 1. The van der Waals surface area contributed by atoms with Crippen LogP contribution in [0.15, 0.2) is 11.4 Å². The fourth-order valence-corrected chi connectivity index (χ4v) is 1.86. The van der Waals surface area contributed by atoms with Crippen LogP contribution in [-0.2, 0) is 6.54 Å². The molecule has 0 amide bonds. The molecule has 0 spiro atoms. The van der Waals surface area contributed by atoms with Gasteiger partial charge in [-0.2, -0.15) is 0 Å². The molecule has 76 valence electrons. The lowest BCUT2D eigenvalue weighted by molar-refractivity contribution is 0.191. The van der Waals surface area contributed by atoms with E-state index < -0.39 is 0 Å². The Morgan fingerprint density at radius 1 is 1.62 bits per heavy atom. The summed E-state index contributed by atoms with van der Waals surface area (Å²) in [5.41, 5.74) is 1.33. The van der Waals surface area contributed by atoms with Crippen molar-refractivity contribution in [3.05, 3.63) is 21.9 Å². The fourth-order valence-electron chi connectivity index (χ4n) is 0.980. The van der Waals surface area contributed by atoms with Crippen molar-refractivity contribution >= 4 is 23.7 Å². The van der Waals surface area contributed by atoms with E-state index in [2.05, 4.69) is 23.7 Å². The third kappa shape index (κ3) is 4.62. The van der Waals surface area contributed by atoms with Crippen molar-refractivity contribution in [1.29, 1.82) is 0 Å². The molecule has 0 aliphatic rings. The summed E-state index contributed by atoms with van der Waals surface area (Å²) in [6.45, 7) is 5.43. The average molecular weight is 222 g/mol. The number of halogens is 1. The van der Waals surface area contributed by atoms with Crippen LogP contribution in [0.25, 0.3) is 0 Å². The molecule has 0 bridgehead atoms. The summed E-state index contributed by atoms with van der Waals surface area (Å²) in [5.74, 6) is 0. The second kappa shape index (κ2) is 6.38. The Morgan fingerprint density at radius 3 is 2.77 bits per heavy atom. The first-order chi connectivity index (χ1) is 5.70. The zero-order valence-electron chi connectivity index (χ0n) is 7.91. The first-order valence-electron chi connectivity index (χ1n) is 4.12. The van der Waals surface area contributed by atoms with Crippen LogP contribution in [0.1, 0.15) is 17.4 Å². The van der Waals surface area contributed by atoms with Crippen LogP contribution in [0.4, 0.5) is 0 Å². The standard InChI is InChI=1S/C9H15NOS.ClH/c1-7-3-4-12-9(7)6-10-5-8(2)11;/h3-4,8,10-11H,5-6H2,1-2H3;1H. The van der Waals surface area contributed by atoms with Gasteiger partial charge < -0.3 is 10.4 Å². The van der Waals surface area contributed by atoms with Crippen LogP contribution < -0.4 is 5.32 Å². The van der Waals surface area contributed by atoms with E-state index in [0.29, 0.717) is 6.54 Å². The van der Waals surface area contributed by atoms with Crippen molar-refractivity contribution in [2.24, 2.45) is 0 Å². The number of hydrogen-bond acceptors (Lipinski definition) is 3. The second-order valence-corrected chi connectivity index (χ2v) is 4.01. The highest BCUT2D eigenvalue weighted by atomic mass is 35.5. The molecule has 0 radical (unpaired) electrons. The third-order valence-corrected chi connectivity index (χ3v) is 2.72. The van der Waals surface area contributed by atoms with Gasteiger partial charge in [0.05, 0.1) is 6.10 Å². The van der Waals surface area contributed by atoms with Crippen LogP contribution in [0.3, 0.4) is 0 Å².